The molecule has 0 spiro atoms. The second-order valence-corrected chi connectivity index (χ2v) is 7.57. The van der Waals surface area contributed by atoms with Crippen molar-refractivity contribution in [2.45, 2.75) is 12.5 Å². The molecule has 0 N–H and O–H groups in total. The number of carbonyl (C=O) groups is 2. The zero-order chi connectivity index (χ0) is 22.7. The Labute approximate surface area is 184 Å². The van der Waals surface area contributed by atoms with Crippen molar-refractivity contribution in [3.8, 4) is 0 Å². The van der Waals surface area contributed by atoms with Crippen LogP contribution in [0.15, 0.2) is 84.0 Å². The molecule has 1 aliphatic heterocycles. The normalized spacial score (nSPS) is 15.4. The summed E-state index contributed by atoms with van der Waals surface area (Å²) in [4.78, 5) is 27.0. The van der Waals surface area contributed by atoms with E-state index in [1.54, 1.807) is 18.2 Å². The highest BCUT2D eigenvalue weighted by atomic mass is 19.1. The largest absolute Gasteiger partial charge is 0.332 e. The van der Waals surface area contributed by atoms with Gasteiger partial charge in [-0.15, -0.1) is 0 Å². The summed E-state index contributed by atoms with van der Waals surface area (Å²) in [6, 6.07) is 20.5. The molecule has 0 aromatic heterocycles. The number of halogens is 2. The molecule has 0 bridgehead atoms. The van der Waals surface area contributed by atoms with E-state index in [2.05, 4.69) is 5.10 Å². The van der Waals surface area contributed by atoms with Crippen LogP contribution in [0.1, 0.15) is 33.9 Å². The van der Waals surface area contributed by atoms with Crippen molar-refractivity contribution in [3.63, 3.8) is 0 Å². The average Bonchev–Trinajstić information content (AvgIpc) is 3.25. The topological polar surface area (TPSA) is 53.0 Å². The molecule has 0 radical (unpaired) electrons. The summed E-state index contributed by atoms with van der Waals surface area (Å²) in [5, 5.41) is 5.75. The van der Waals surface area contributed by atoms with Crippen LogP contribution in [0.4, 0.5) is 8.78 Å². The quantitative estimate of drug-likeness (QED) is 0.598. The number of carbonyl (C=O) groups excluding carboxylic acids is 2. The number of likely N-dealkylation sites (N-methyl/N-ethyl adjacent to an activating group) is 1. The molecule has 0 saturated carbocycles. The number of nitrogens with zero attached hydrogens (tertiary/aromatic N) is 3. The summed E-state index contributed by atoms with van der Waals surface area (Å²) in [6.07, 6.45) is 0.345. The van der Waals surface area contributed by atoms with E-state index < -0.39 is 29.5 Å². The van der Waals surface area contributed by atoms with Crippen molar-refractivity contribution in [2.75, 3.05) is 13.6 Å². The first-order chi connectivity index (χ1) is 15.4. The number of benzene rings is 3. The molecule has 1 heterocycles. The van der Waals surface area contributed by atoms with Crippen molar-refractivity contribution < 1.29 is 18.4 Å². The Balaban J connectivity index is 1.59. The SMILES string of the molecule is CN(CC(=O)N1N=C(c2ccccc2F)C[C@H]1c1ccccc1)C(=O)c1cccc(F)c1. The minimum Gasteiger partial charge on any atom is -0.332 e. The molecule has 7 heteroatoms. The molecule has 1 atom stereocenters. The lowest BCUT2D eigenvalue weighted by molar-refractivity contribution is -0.133. The molecule has 2 amide bonds. The van der Waals surface area contributed by atoms with E-state index >= 15 is 0 Å². The highest BCUT2D eigenvalue weighted by molar-refractivity contribution is 6.04. The van der Waals surface area contributed by atoms with E-state index in [-0.39, 0.29) is 12.1 Å². The highest BCUT2D eigenvalue weighted by Crippen LogP contribution is 2.33. The zero-order valence-electron chi connectivity index (χ0n) is 17.4. The molecule has 0 fully saturated rings. The fourth-order valence-electron chi connectivity index (χ4n) is 3.72. The lowest BCUT2D eigenvalue weighted by atomic mass is 9.98. The van der Waals surface area contributed by atoms with E-state index in [0.717, 1.165) is 11.6 Å². The highest BCUT2D eigenvalue weighted by Gasteiger charge is 2.34. The van der Waals surface area contributed by atoms with Gasteiger partial charge in [-0.25, -0.2) is 13.8 Å². The summed E-state index contributed by atoms with van der Waals surface area (Å²) < 4.78 is 27.8. The average molecular weight is 433 g/mol. The van der Waals surface area contributed by atoms with Crippen LogP contribution in [0.2, 0.25) is 0 Å². The summed E-state index contributed by atoms with van der Waals surface area (Å²) >= 11 is 0. The van der Waals surface area contributed by atoms with Gasteiger partial charge in [0, 0.05) is 24.6 Å². The Kier molecular flexibility index (Phi) is 6.07. The fraction of sp³-hybridized carbons (Fsp3) is 0.160. The van der Waals surface area contributed by atoms with Crippen LogP contribution >= 0.6 is 0 Å². The third-order valence-corrected chi connectivity index (χ3v) is 5.33. The van der Waals surface area contributed by atoms with Crippen molar-refractivity contribution >= 4 is 17.5 Å². The molecule has 32 heavy (non-hydrogen) atoms. The molecule has 3 aromatic rings. The van der Waals surface area contributed by atoms with Crippen LogP contribution in [-0.4, -0.2) is 41.0 Å². The van der Waals surface area contributed by atoms with Gasteiger partial charge in [0.2, 0.25) is 0 Å². The number of rotatable bonds is 5. The van der Waals surface area contributed by atoms with Gasteiger partial charge in [-0.3, -0.25) is 9.59 Å². The molecular formula is C25H21F2N3O2. The summed E-state index contributed by atoms with van der Waals surface area (Å²) in [5.74, 6) is -1.84. The molecule has 5 nitrogen and oxygen atoms in total. The van der Waals surface area contributed by atoms with Gasteiger partial charge in [0.1, 0.15) is 18.2 Å². The second kappa shape index (κ2) is 9.09. The maximum Gasteiger partial charge on any atom is 0.262 e. The van der Waals surface area contributed by atoms with Crippen molar-refractivity contribution in [1.29, 1.82) is 0 Å². The minimum absolute atomic E-state index is 0.150. The molecule has 0 unspecified atom stereocenters. The Morgan fingerprint density at radius 1 is 1.00 bits per heavy atom. The minimum atomic E-state index is -0.529. The Morgan fingerprint density at radius 2 is 1.72 bits per heavy atom. The van der Waals surface area contributed by atoms with Gasteiger partial charge < -0.3 is 4.90 Å². The van der Waals surface area contributed by atoms with E-state index in [1.807, 2.05) is 30.3 Å². The van der Waals surface area contributed by atoms with Crippen LogP contribution in [0.3, 0.4) is 0 Å². The number of hydrogen-bond donors (Lipinski definition) is 0. The van der Waals surface area contributed by atoms with Crippen molar-refractivity contribution in [3.05, 3.63) is 107 Å². The van der Waals surface area contributed by atoms with Crippen molar-refractivity contribution in [2.24, 2.45) is 5.10 Å². The van der Waals surface area contributed by atoms with Gasteiger partial charge in [0.15, 0.2) is 0 Å². The maximum absolute atomic E-state index is 14.4. The zero-order valence-corrected chi connectivity index (χ0v) is 17.4. The first kappa shape index (κ1) is 21.4. The Morgan fingerprint density at radius 3 is 2.44 bits per heavy atom. The van der Waals surface area contributed by atoms with Gasteiger partial charge in [-0.05, 0) is 29.8 Å². The van der Waals surface area contributed by atoms with Crippen LogP contribution in [0.5, 0.6) is 0 Å². The third-order valence-electron chi connectivity index (χ3n) is 5.33. The predicted molar refractivity (Wildman–Crippen MR) is 117 cm³/mol. The molecule has 3 aromatic carbocycles. The second-order valence-electron chi connectivity index (χ2n) is 7.57. The van der Waals surface area contributed by atoms with Gasteiger partial charge in [-0.2, -0.15) is 5.10 Å². The molecule has 0 saturated heterocycles. The summed E-state index contributed by atoms with van der Waals surface area (Å²) in [7, 11) is 1.47. The van der Waals surface area contributed by atoms with Crippen LogP contribution < -0.4 is 0 Å². The number of hydrazone groups is 1. The first-order valence-electron chi connectivity index (χ1n) is 10.1. The van der Waals surface area contributed by atoms with E-state index in [0.29, 0.717) is 17.7 Å². The first-order valence-corrected chi connectivity index (χ1v) is 10.1. The standard InChI is InChI=1S/C25H21F2N3O2/c1-29(25(32)18-10-7-11-19(26)14-18)16-24(31)30-23(17-8-3-2-4-9-17)15-22(28-30)20-12-5-6-13-21(20)27/h2-14,23H,15-16H2,1H3/t23-/m0/s1. The summed E-state index contributed by atoms with van der Waals surface area (Å²) in [5.41, 5.74) is 1.81. The smallest absolute Gasteiger partial charge is 0.262 e. The molecular weight excluding hydrogens is 412 g/mol. The lowest BCUT2D eigenvalue weighted by Crippen LogP contribution is -2.39. The van der Waals surface area contributed by atoms with Gasteiger partial charge in [0.05, 0.1) is 11.8 Å². The molecule has 1 aliphatic rings. The monoisotopic (exact) mass is 433 g/mol. The number of hydrogen-bond acceptors (Lipinski definition) is 3. The predicted octanol–water partition coefficient (Wildman–Crippen LogP) is 4.41. The fourth-order valence-corrected chi connectivity index (χ4v) is 3.72. The molecule has 0 aliphatic carbocycles. The maximum atomic E-state index is 14.4. The molecule has 4 rings (SSSR count). The van der Waals surface area contributed by atoms with E-state index in [1.165, 1.54) is 41.2 Å². The molecule has 162 valence electrons. The van der Waals surface area contributed by atoms with Gasteiger partial charge in [0.25, 0.3) is 11.8 Å². The van der Waals surface area contributed by atoms with Gasteiger partial charge in [-0.1, -0.05) is 54.6 Å². The van der Waals surface area contributed by atoms with Crippen LogP contribution in [0, 0.1) is 11.6 Å². The summed E-state index contributed by atoms with van der Waals surface area (Å²) in [6.45, 7) is -0.257. The number of amides is 2. The van der Waals surface area contributed by atoms with Crippen LogP contribution in [-0.2, 0) is 4.79 Å². The van der Waals surface area contributed by atoms with Gasteiger partial charge >= 0.3 is 0 Å². The third kappa shape index (κ3) is 4.42. The van der Waals surface area contributed by atoms with E-state index in [9.17, 15) is 18.4 Å². The van der Waals surface area contributed by atoms with Crippen molar-refractivity contribution in [1.82, 2.24) is 9.91 Å². The van der Waals surface area contributed by atoms with E-state index in [4.69, 9.17) is 0 Å². The van der Waals surface area contributed by atoms with Crippen LogP contribution in [0.25, 0.3) is 0 Å². The lowest BCUT2D eigenvalue weighted by Gasteiger charge is -2.25. The Hall–Kier alpha value is -3.87. The Bertz CT molecular complexity index is 1180.